The molecule has 0 radical (unpaired) electrons. The minimum absolute atomic E-state index is 0.0672. The number of rotatable bonds is 6. The summed E-state index contributed by atoms with van der Waals surface area (Å²) in [5.74, 6) is -1.87. The fourth-order valence-corrected chi connectivity index (χ4v) is 5.27. The monoisotopic (exact) mass is 507 g/mol. The van der Waals surface area contributed by atoms with Crippen LogP contribution >= 0.6 is 0 Å². The Bertz CT molecular complexity index is 1470. The Morgan fingerprint density at radius 1 is 0.684 bits per heavy atom. The van der Waals surface area contributed by atoms with Crippen LogP contribution in [0.4, 0.5) is 17.1 Å². The van der Waals surface area contributed by atoms with Crippen LogP contribution in [0.2, 0.25) is 0 Å². The van der Waals surface area contributed by atoms with Crippen molar-refractivity contribution in [2.75, 3.05) is 29.2 Å². The molecule has 0 fully saturated rings. The molecule has 0 unspecified atom stereocenters. The highest BCUT2D eigenvalue weighted by molar-refractivity contribution is 6.22. The van der Waals surface area contributed by atoms with Gasteiger partial charge in [0.2, 0.25) is 5.91 Å². The number of fused-ring (bicyclic) bond motifs is 1. The standard InChI is InChI=1S/C30H25N3O5/c1-17-7-11-19(12-8-17)31-23-15-37-27(34)25(23)30(21-5-3-4-6-22(21)33-29(30)36)26-24(16-38-28(26)35)32-20-13-9-18(2)10-14-20/h3-14,31-32H,15-16H2,1-2H3,(H,33,36). The molecule has 3 heterocycles. The fourth-order valence-electron chi connectivity index (χ4n) is 5.27. The Kier molecular flexibility index (Phi) is 5.52. The van der Waals surface area contributed by atoms with Crippen molar-refractivity contribution in [3.05, 3.63) is 112 Å². The zero-order valence-corrected chi connectivity index (χ0v) is 20.9. The van der Waals surface area contributed by atoms with Crippen LogP contribution in [0.1, 0.15) is 16.7 Å². The molecule has 0 aliphatic carbocycles. The van der Waals surface area contributed by atoms with Gasteiger partial charge in [0, 0.05) is 22.6 Å². The lowest BCUT2D eigenvalue weighted by molar-refractivity contribution is -0.139. The summed E-state index contributed by atoms with van der Waals surface area (Å²) in [6.45, 7) is 3.82. The number of esters is 2. The van der Waals surface area contributed by atoms with Gasteiger partial charge in [-0.25, -0.2) is 9.59 Å². The zero-order valence-electron chi connectivity index (χ0n) is 20.9. The molecule has 0 atom stereocenters. The molecule has 6 rings (SSSR count). The van der Waals surface area contributed by atoms with E-state index in [1.807, 2.05) is 62.4 Å². The van der Waals surface area contributed by atoms with Crippen LogP contribution in [-0.2, 0) is 29.3 Å². The second kappa shape index (κ2) is 8.92. The molecule has 0 spiro atoms. The molecule has 1 amide bonds. The van der Waals surface area contributed by atoms with Gasteiger partial charge in [-0.05, 0) is 44.2 Å². The average molecular weight is 508 g/mol. The van der Waals surface area contributed by atoms with Crippen LogP contribution in [0, 0.1) is 13.8 Å². The summed E-state index contributed by atoms with van der Waals surface area (Å²) >= 11 is 0. The van der Waals surface area contributed by atoms with E-state index in [0.717, 1.165) is 22.5 Å². The Hall–Kier alpha value is -4.85. The number of amides is 1. The van der Waals surface area contributed by atoms with Gasteiger partial charge >= 0.3 is 11.9 Å². The summed E-state index contributed by atoms with van der Waals surface area (Å²) in [4.78, 5) is 40.9. The first kappa shape index (κ1) is 23.5. The minimum atomic E-state index is -1.78. The Balaban J connectivity index is 1.59. The Morgan fingerprint density at radius 2 is 1.16 bits per heavy atom. The molecule has 3 aromatic carbocycles. The minimum Gasteiger partial charge on any atom is -0.456 e. The molecule has 0 saturated carbocycles. The van der Waals surface area contributed by atoms with Gasteiger partial charge in [0.15, 0.2) is 0 Å². The van der Waals surface area contributed by atoms with E-state index in [0.29, 0.717) is 22.6 Å². The van der Waals surface area contributed by atoms with Gasteiger partial charge in [0.1, 0.15) is 18.6 Å². The van der Waals surface area contributed by atoms with Crippen LogP contribution in [0.25, 0.3) is 0 Å². The third-order valence-electron chi connectivity index (χ3n) is 7.07. The molecule has 8 heteroatoms. The lowest BCUT2D eigenvalue weighted by Gasteiger charge is -2.29. The summed E-state index contributed by atoms with van der Waals surface area (Å²) in [5.41, 5.74) is 3.78. The number of nitrogens with one attached hydrogen (secondary N) is 3. The molecule has 3 N–H and O–H groups in total. The molecule has 3 aromatic rings. The van der Waals surface area contributed by atoms with E-state index in [1.54, 1.807) is 24.3 Å². The third kappa shape index (κ3) is 3.64. The quantitative estimate of drug-likeness (QED) is 0.426. The van der Waals surface area contributed by atoms with Crippen LogP contribution in [-0.4, -0.2) is 31.1 Å². The summed E-state index contributed by atoms with van der Waals surface area (Å²) in [7, 11) is 0. The van der Waals surface area contributed by atoms with Crippen molar-refractivity contribution in [3.63, 3.8) is 0 Å². The second-order valence-electron chi connectivity index (χ2n) is 9.59. The number of hydrogen-bond acceptors (Lipinski definition) is 7. The Morgan fingerprint density at radius 3 is 1.66 bits per heavy atom. The Labute approximate surface area is 219 Å². The first-order chi connectivity index (χ1) is 18.4. The molecule has 190 valence electrons. The topological polar surface area (TPSA) is 106 Å². The maximum Gasteiger partial charge on any atom is 0.338 e. The van der Waals surface area contributed by atoms with E-state index in [2.05, 4.69) is 16.0 Å². The average Bonchev–Trinajstić information content (AvgIpc) is 3.55. The molecular formula is C30H25N3O5. The van der Waals surface area contributed by atoms with Gasteiger partial charge in [-0.15, -0.1) is 0 Å². The van der Waals surface area contributed by atoms with Crippen LogP contribution in [0.3, 0.4) is 0 Å². The first-order valence-electron chi connectivity index (χ1n) is 12.3. The largest absolute Gasteiger partial charge is 0.456 e. The number of benzene rings is 3. The highest BCUT2D eigenvalue weighted by atomic mass is 16.5. The summed E-state index contributed by atoms with van der Waals surface area (Å²) < 4.78 is 11.0. The van der Waals surface area contributed by atoms with Crippen molar-refractivity contribution in [1.29, 1.82) is 0 Å². The van der Waals surface area contributed by atoms with Crippen molar-refractivity contribution >= 4 is 34.9 Å². The van der Waals surface area contributed by atoms with Crippen molar-refractivity contribution in [3.8, 4) is 0 Å². The SMILES string of the molecule is Cc1ccc(NC2=C(C3(C4=C(Nc5ccc(C)cc5)COC4=O)C(=O)Nc4ccccc43)C(=O)OC2)cc1. The van der Waals surface area contributed by atoms with E-state index in [-0.39, 0.29) is 24.4 Å². The van der Waals surface area contributed by atoms with Crippen molar-refractivity contribution in [1.82, 2.24) is 0 Å². The number of aryl methyl sites for hydroxylation is 2. The number of ether oxygens (including phenoxy) is 2. The third-order valence-corrected chi connectivity index (χ3v) is 7.07. The van der Waals surface area contributed by atoms with Gasteiger partial charge in [-0.1, -0.05) is 53.6 Å². The predicted octanol–water partition coefficient (Wildman–Crippen LogP) is 4.34. The number of carbonyl (C=O) groups is 3. The highest BCUT2D eigenvalue weighted by Crippen LogP contribution is 2.52. The number of para-hydroxylation sites is 1. The van der Waals surface area contributed by atoms with Crippen LogP contribution < -0.4 is 16.0 Å². The molecular weight excluding hydrogens is 482 g/mol. The van der Waals surface area contributed by atoms with E-state index >= 15 is 0 Å². The molecule has 8 nitrogen and oxygen atoms in total. The highest BCUT2D eigenvalue weighted by Gasteiger charge is 2.61. The van der Waals surface area contributed by atoms with Crippen LogP contribution in [0.5, 0.6) is 0 Å². The van der Waals surface area contributed by atoms with E-state index in [4.69, 9.17) is 9.47 Å². The van der Waals surface area contributed by atoms with Crippen LogP contribution in [0.15, 0.2) is 95.3 Å². The van der Waals surface area contributed by atoms with Gasteiger partial charge < -0.3 is 25.4 Å². The smallest absolute Gasteiger partial charge is 0.338 e. The lowest BCUT2D eigenvalue weighted by Crippen LogP contribution is -2.44. The van der Waals surface area contributed by atoms with Crippen molar-refractivity contribution < 1.29 is 23.9 Å². The van der Waals surface area contributed by atoms with Gasteiger partial charge in [0.25, 0.3) is 0 Å². The number of hydrogen-bond donors (Lipinski definition) is 3. The number of cyclic esters (lactones) is 2. The molecule has 3 aliphatic rings. The van der Waals surface area contributed by atoms with E-state index in [1.165, 1.54) is 0 Å². The summed E-state index contributed by atoms with van der Waals surface area (Å²) in [6, 6.07) is 22.3. The van der Waals surface area contributed by atoms with Gasteiger partial charge in [0.05, 0.1) is 22.5 Å². The first-order valence-corrected chi connectivity index (χ1v) is 12.3. The summed E-state index contributed by atoms with van der Waals surface area (Å²) in [6.07, 6.45) is 0. The van der Waals surface area contributed by atoms with E-state index in [9.17, 15) is 14.4 Å². The molecule has 0 bridgehead atoms. The van der Waals surface area contributed by atoms with Crippen molar-refractivity contribution in [2.24, 2.45) is 0 Å². The lowest BCUT2D eigenvalue weighted by atomic mass is 9.68. The molecule has 0 aromatic heterocycles. The number of anilines is 3. The van der Waals surface area contributed by atoms with Crippen molar-refractivity contribution in [2.45, 2.75) is 19.3 Å². The van der Waals surface area contributed by atoms with Gasteiger partial charge in [-0.2, -0.15) is 0 Å². The second-order valence-corrected chi connectivity index (χ2v) is 9.59. The fraction of sp³-hybridized carbons (Fsp3) is 0.167. The summed E-state index contributed by atoms with van der Waals surface area (Å²) in [5, 5.41) is 9.43. The van der Waals surface area contributed by atoms with E-state index < -0.39 is 23.3 Å². The number of carbonyl (C=O) groups excluding carboxylic acids is 3. The molecule has 38 heavy (non-hydrogen) atoms. The maximum atomic E-state index is 14.1. The molecule has 0 saturated heterocycles. The maximum absolute atomic E-state index is 14.1. The van der Waals surface area contributed by atoms with Gasteiger partial charge in [-0.3, -0.25) is 4.79 Å². The normalized spacial score (nSPS) is 17.8. The molecule has 3 aliphatic heterocycles. The predicted molar refractivity (Wildman–Crippen MR) is 142 cm³/mol. The zero-order chi connectivity index (χ0) is 26.4.